The number of nitrogens with zero attached hydrogens (tertiary/aromatic N) is 3. The average molecular weight is 553 g/mol. The first-order valence-corrected chi connectivity index (χ1v) is 14.5. The lowest BCUT2D eigenvalue weighted by Crippen LogP contribution is -2.24. The highest BCUT2D eigenvalue weighted by molar-refractivity contribution is 6.13. The van der Waals surface area contributed by atoms with Crippen LogP contribution in [-0.4, -0.2) is 15.3 Å². The molecule has 1 atom stereocenters. The lowest BCUT2D eigenvalue weighted by molar-refractivity contribution is 0.664. The number of para-hydroxylation sites is 2. The van der Waals surface area contributed by atoms with E-state index in [-0.39, 0.29) is 6.17 Å². The van der Waals surface area contributed by atoms with Gasteiger partial charge in [-0.1, -0.05) is 109 Å². The number of aliphatic imine (C=N–C) groups is 1. The second kappa shape index (κ2) is 10.6. The summed E-state index contributed by atoms with van der Waals surface area (Å²) in [5.41, 5.74) is 10.9. The first-order valence-electron chi connectivity index (χ1n) is 14.5. The Morgan fingerprint density at radius 3 is 1.81 bits per heavy atom. The molecule has 1 unspecified atom stereocenters. The van der Waals surface area contributed by atoms with Crippen molar-refractivity contribution in [1.82, 2.24) is 14.9 Å². The van der Waals surface area contributed by atoms with Crippen molar-refractivity contribution >= 4 is 33.2 Å². The summed E-state index contributed by atoms with van der Waals surface area (Å²) in [6, 6.07) is 50.9. The molecule has 0 bridgehead atoms. The van der Waals surface area contributed by atoms with Crippen LogP contribution in [0.5, 0.6) is 0 Å². The van der Waals surface area contributed by atoms with Crippen molar-refractivity contribution in [2.24, 2.45) is 4.99 Å². The van der Waals surface area contributed by atoms with E-state index < -0.39 is 0 Å². The molecule has 4 heteroatoms. The van der Waals surface area contributed by atoms with Crippen LogP contribution in [0.3, 0.4) is 0 Å². The Kier molecular flexibility index (Phi) is 6.16. The molecule has 43 heavy (non-hydrogen) atoms. The van der Waals surface area contributed by atoms with Gasteiger partial charge < -0.3 is 9.88 Å². The first-order chi connectivity index (χ1) is 21.3. The fourth-order valence-corrected chi connectivity index (χ4v) is 5.99. The summed E-state index contributed by atoms with van der Waals surface area (Å²) in [6.45, 7) is 0. The normalized spacial score (nSPS) is 14.7. The van der Waals surface area contributed by atoms with Gasteiger partial charge in [0.15, 0.2) is 0 Å². The van der Waals surface area contributed by atoms with Crippen LogP contribution in [0, 0.1) is 0 Å². The lowest BCUT2D eigenvalue weighted by atomic mass is 10.0. The van der Waals surface area contributed by atoms with E-state index in [9.17, 15) is 0 Å². The molecule has 0 radical (unpaired) electrons. The number of hydrogen-bond donors (Lipinski definition) is 1. The second-order valence-electron chi connectivity index (χ2n) is 10.7. The van der Waals surface area contributed by atoms with Gasteiger partial charge in [0, 0.05) is 33.9 Å². The molecule has 0 aliphatic carbocycles. The van der Waals surface area contributed by atoms with E-state index >= 15 is 0 Å². The van der Waals surface area contributed by atoms with E-state index in [0.29, 0.717) is 0 Å². The first kappa shape index (κ1) is 25.0. The average Bonchev–Trinajstić information content (AvgIpc) is 3.43. The van der Waals surface area contributed by atoms with E-state index in [1.54, 1.807) is 0 Å². The van der Waals surface area contributed by atoms with Gasteiger partial charge in [0.2, 0.25) is 0 Å². The molecule has 0 saturated carbocycles. The Morgan fingerprint density at radius 1 is 0.535 bits per heavy atom. The molecule has 8 rings (SSSR count). The fourth-order valence-electron chi connectivity index (χ4n) is 5.99. The predicted molar refractivity (Wildman–Crippen MR) is 177 cm³/mol. The summed E-state index contributed by atoms with van der Waals surface area (Å²) in [5, 5.41) is 6.20. The maximum absolute atomic E-state index is 5.17. The van der Waals surface area contributed by atoms with Crippen LogP contribution in [0.25, 0.3) is 44.4 Å². The molecule has 7 aromatic rings. The van der Waals surface area contributed by atoms with E-state index in [0.717, 1.165) is 45.0 Å². The van der Waals surface area contributed by atoms with Crippen LogP contribution in [0.4, 0.5) is 0 Å². The van der Waals surface area contributed by atoms with Crippen molar-refractivity contribution in [2.45, 2.75) is 6.17 Å². The van der Waals surface area contributed by atoms with Crippen molar-refractivity contribution in [1.29, 1.82) is 0 Å². The summed E-state index contributed by atoms with van der Waals surface area (Å²) in [5.74, 6) is 0. The largest absolute Gasteiger partial charge is 0.360 e. The fraction of sp³-hybridized carbons (Fsp3) is 0.0256. The number of rotatable bonds is 5. The molecular formula is C39H28N4. The zero-order valence-corrected chi connectivity index (χ0v) is 23.4. The van der Waals surface area contributed by atoms with Crippen LogP contribution < -0.4 is 5.32 Å². The number of hydrogen-bond acceptors (Lipinski definition) is 3. The van der Waals surface area contributed by atoms with Crippen molar-refractivity contribution in [3.8, 4) is 16.9 Å². The summed E-state index contributed by atoms with van der Waals surface area (Å²) in [4.78, 5) is 9.67. The lowest BCUT2D eigenvalue weighted by Gasteiger charge is -2.25. The van der Waals surface area contributed by atoms with Gasteiger partial charge >= 0.3 is 0 Å². The highest BCUT2D eigenvalue weighted by Gasteiger charge is 2.20. The van der Waals surface area contributed by atoms with Gasteiger partial charge in [0.25, 0.3) is 0 Å². The SMILES string of the molecule is C1=C(c2ccc(-c3ccccn3)cc2)NC(c2ccccc2)N=C1c1ccc(-n2c3ccccc3c3ccccc32)cc1. The van der Waals surface area contributed by atoms with E-state index in [1.807, 2.05) is 30.5 Å². The van der Waals surface area contributed by atoms with Gasteiger partial charge in [-0.2, -0.15) is 0 Å². The Labute approximate surface area is 250 Å². The summed E-state index contributed by atoms with van der Waals surface area (Å²) in [7, 11) is 0. The molecule has 204 valence electrons. The van der Waals surface area contributed by atoms with E-state index in [2.05, 4.69) is 142 Å². The summed E-state index contributed by atoms with van der Waals surface area (Å²) >= 11 is 0. The van der Waals surface area contributed by atoms with Crippen molar-refractivity contribution in [3.63, 3.8) is 0 Å². The number of benzene rings is 5. The molecule has 4 nitrogen and oxygen atoms in total. The van der Waals surface area contributed by atoms with Crippen molar-refractivity contribution < 1.29 is 0 Å². The minimum Gasteiger partial charge on any atom is -0.360 e. The molecule has 0 spiro atoms. The molecule has 0 amide bonds. The number of allylic oxidation sites excluding steroid dienone is 1. The Morgan fingerprint density at radius 2 is 1.14 bits per heavy atom. The van der Waals surface area contributed by atoms with Crippen molar-refractivity contribution in [3.05, 3.63) is 175 Å². The van der Waals surface area contributed by atoms with Crippen LogP contribution in [0.1, 0.15) is 22.9 Å². The molecule has 1 aliphatic heterocycles. The molecule has 3 heterocycles. The zero-order valence-electron chi connectivity index (χ0n) is 23.4. The Bertz CT molecular complexity index is 2070. The van der Waals surface area contributed by atoms with Crippen LogP contribution in [0.15, 0.2) is 163 Å². The number of pyridine rings is 1. The van der Waals surface area contributed by atoms with E-state index in [1.165, 1.54) is 21.8 Å². The maximum Gasteiger partial charge on any atom is 0.145 e. The minimum atomic E-state index is -0.191. The Balaban J connectivity index is 1.18. The summed E-state index contributed by atoms with van der Waals surface area (Å²) < 4.78 is 2.34. The monoisotopic (exact) mass is 552 g/mol. The highest BCUT2D eigenvalue weighted by Crippen LogP contribution is 2.33. The molecule has 0 fully saturated rings. The predicted octanol–water partition coefficient (Wildman–Crippen LogP) is 8.98. The maximum atomic E-state index is 5.17. The molecule has 1 N–H and O–H groups in total. The van der Waals surface area contributed by atoms with Crippen molar-refractivity contribution in [2.75, 3.05) is 0 Å². The molecule has 0 saturated heterocycles. The van der Waals surface area contributed by atoms with Gasteiger partial charge in [0.05, 0.1) is 22.4 Å². The van der Waals surface area contributed by atoms with Gasteiger partial charge in [-0.25, -0.2) is 0 Å². The standard InChI is InChI=1S/C39H28N4/c1-2-10-30(11-3-1)39-41-35(28-19-17-27(18-20-28)34-14-8-9-25-40-34)26-36(42-39)29-21-23-31(24-22-29)43-37-15-6-4-12-32(37)33-13-5-7-16-38(33)43/h1-26,39,41H. The quantitative estimate of drug-likeness (QED) is 0.232. The molecular weight excluding hydrogens is 524 g/mol. The van der Waals surface area contributed by atoms with Crippen LogP contribution >= 0.6 is 0 Å². The third-order valence-corrected chi connectivity index (χ3v) is 8.11. The zero-order chi connectivity index (χ0) is 28.6. The van der Waals surface area contributed by atoms with Crippen LogP contribution in [0.2, 0.25) is 0 Å². The topological polar surface area (TPSA) is 42.2 Å². The minimum absolute atomic E-state index is 0.191. The van der Waals surface area contributed by atoms with Gasteiger partial charge in [-0.3, -0.25) is 9.98 Å². The van der Waals surface area contributed by atoms with Gasteiger partial charge in [-0.15, -0.1) is 0 Å². The number of fused-ring (bicyclic) bond motifs is 3. The summed E-state index contributed by atoms with van der Waals surface area (Å²) in [6.07, 6.45) is 3.79. The van der Waals surface area contributed by atoms with E-state index in [4.69, 9.17) is 4.99 Å². The van der Waals surface area contributed by atoms with Gasteiger partial charge in [0.1, 0.15) is 6.17 Å². The second-order valence-corrected chi connectivity index (χ2v) is 10.7. The van der Waals surface area contributed by atoms with Crippen LogP contribution in [-0.2, 0) is 0 Å². The molecule has 5 aromatic carbocycles. The Hall–Kier alpha value is -5.74. The van der Waals surface area contributed by atoms with Gasteiger partial charge in [-0.05, 0) is 59.2 Å². The number of nitrogens with one attached hydrogen (secondary N) is 1. The third kappa shape index (κ3) is 4.59. The molecule has 1 aliphatic rings. The third-order valence-electron chi connectivity index (χ3n) is 8.11. The molecule has 2 aromatic heterocycles. The smallest absolute Gasteiger partial charge is 0.145 e. The highest BCUT2D eigenvalue weighted by atomic mass is 15.1. The number of aromatic nitrogens is 2.